The summed E-state index contributed by atoms with van der Waals surface area (Å²) in [7, 11) is 5.79. The molecule has 0 N–H and O–H groups in total. The zero-order valence-corrected chi connectivity index (χ0v) is 22.2. The van der Waals surface area contributed by atoms with E-state index >= 15 is 0 Å². The summed E-state index contributed by atoms with van der Waals surface area (Å²) in [5.41, 5.74) is 7.04. The predicted molar refractivity (Wildman–Crippen MR) is 152 cm³/mol. The molecular weight excluding hydrogens is 458 g/mol. The highest BCUT2D eigenvalue weighted by atomic mass is 16.5. The number of rotatable bonds is 11. The number of methoxy groups -OCH3 is 1. The monoisotopic (exact) mass is 493 g/mol. The van der Waals surface area contributed by atoms with Crippen molar-refractivity contribution in [2.24, 2.45) is 0 Å². The van der Waals surface area contributed by atoms with Gasteiger partial charge in [-0.05, 0) is 80.0 Å². The molecule has 4 nitrogen and oxygen atoms in total. The summed E-state index contributed by atoms with van der Waals surface area (Å²) in [5, 5.41) is 0. The first-order valence-electron chi connectivity index (χ1n) is 12.7. The molecule has 4 aromatic rings. The highest BCUT2D eigenvalue weighted by Crippen LogP contribution is 2.32. The Hall–Kier alpha value is -3.89. The molecule has 0 spiro atoms. The van der Waals surface area contributed by atoms with Crippen molar-refractivity contribution in [1.29, 1.82) is 0 Å². The molecule has 4 heteroatoms. The summed E-state index contributed by atoms with van der Waals surface area (Å²) in [5.74, 6) is 1.73. The van der Waals surface area contributed by atoms with E-state index in [4.69, 9.17) is 9.47 Å². The van der Waals surface area contributed by atoms with Gasteiger partial charge in [0.25, 0.3) is 0 Å². The fraction of sp³-hybridized carbons (Fsp3) is 0.242. The van der Waals surface area contributed by atoms with Crippen molar-refractivity contribution in [3.63, 3.8) is 0 Å². The fourth-order valence-electron chi connectivity index (χ4n) is 4.34. The van der Waals surface area contributed by atoms with E-state index in [0.29, 0.717) is 18.6 Å². The van der Waals surface area contributed by atoms with Gasteiger partial charge < -0.3 is 14.4 Å². The second kappa shape index (κ2) is 12.4. The summed E-state index contributed by atoms with van der Waals surface area (Å²) in [4.78, 5) is 15.3. The fourth-order valence-corrected chi connectivity index (χ4v) is 4.34. The van der Waals surface area contributed by atoms with Gasteiger partial charge in [-0.2, -0.15) is 0 Å². The summed E-state index contributed by atoms with van der Waals surface area (Å²) in [6.45, 7) is 3.78. The zero-order chi connectivity index (χ0) is 26.2. The molecule has 0 saturated heterocycles. The van der Waals surface area contributed by atoms with Gasteiger partial charge in [-0.3, -0.25) is 4.79 Å². The van der Waals surface area contributed by atoms with Gasteiger partial charge in [0.15, 0.2) is 5.78 Å². The number of hydrogen-bond acceptors (Lipinski definition) is 4. The Balaban J connectivity index is 1.41. The van der Waals surface area contributed by atoms with Crippen molar-refractivity contribution < 1.29 is 14.3 Å². The number of Topliss-reactive ketones (excluding diaryl/α,β-unsaturated/α-hetero) is 1. The largest absolute Gasteiger partial charge is 0.496 e. The second-order valence-electron chi connectivity index (χ2n) is 9.61. The number of carbonyl (C=O) groups is 1. The van der Waals surface area contributed by atoms with Gasteiger partial charge >= 0.3 is 0 Å². The third-order valence-corrected chi connectivity index (χ3v) is 6.38. The summed E-state index contributed by atoms with van der Waals surface area (Å²) < 4.78 is 11.4. The summed E-state index contributed by atoms with van der Waals surface area (Å²) >= 11 is 0. The lowest BCUT2D eigenvalue weighted by Gasteiger charge is -2.12. The van der Waals surface area contributed by atoms with Crippen LogP contribution in [0.1, 0.15) is 27.9 Å². The molecule has 4 aromatic carbocycles. The quantitative estimate of drug-likeness (QED) is 0.165. The maximum Gasteiger partial charge on any atom is 0.167 e. The highest BCUT2D eigenvalue weighted by Gasteiger charge is 2.13. The first-order valence-corrected chi connectivity index (χ1v) is 12.7. The minimum atomic E-state index is 0.0834. The van der Waals surface area contributed by atoms with Crippen LogP contribution in [0, 0.1) is 6.92 Å². The van der Waals surface area contributed by atoms with Crippen LogP contribution >= 0.6 is 0 Å². The van der Waals surface area contributed by atoms with Crippen molar-refractivity contribution in [2.75, 3.05) is 34.4 Å². The van der Waals surface area contributed by atoms with Crippen LogP contribution in [-0.2, 0) is 6.42 Å². The number of aryl methyl sites for hydroxylation is 1. The minimum absolute atomic E-state index is 0.0834. The maximum atomic E-state index is 13.1. The number of hydrogen-bond donors (Lipinski definition) is 0. The number of nitrogens with zero attached hydrogens (tertiary/aromatic N) is 1. The van der Waals surface area contributed by atoms with Gasteiger partial charge in [-0.15, -0.1) is 0 Å². The van der Waals surface area contributed by atoms with E-state index < -0.39 is 0 Å². The highest BCUT2D eigenvalue weighted by molar-refractivity contribution is 5.99. The molecule has 0 bridgehead atoms. The van der Waals surface area contributed by atoms with E-state index in [0.717, 1.165) is 52.3 Å². The van der Waals surface area contributed by atoms with Crippen LogP contribution < -0.4 is 9.47 Å². The minimum Gasteiger partial charge on any atom is -0.496 e. The van der Waals surface area contributed by atoms with Gasteiger partial charge in [0.1, 0.15) is 11.5 Å². The van der Waals surface area contributed by atoms with Gasteiger partial charge in [0, 0.05) is 24.1 Å². The van der Waals surface area contributed by atoms with Crippen LogP contribution in [-0.4, -0.2) is 45.0 Å². The molecule has 0 heterocycles. The maximum absolute atomic E-state index is 13.1. The number of carbonyl (C=O) groups excluding carboxylic acids is 1. The van der Waals surface area contributed by atoms with Crippen LogP contribution in [0.15, 0.2) is 91.0 Å². The molecule has 0 fully saturated rings. The average molecular weight is 494 g/mol. The zero-order valence-electron chi connectivity index (χ0n) is 22.2. The van der Waals surface area contributed by atoms with E-state index in [9.17, 15) is 4.79 Å². The number of ether oxygens (including phenoxy) is 2. The molecule has 190 valence electrons. The lowest BCUT2D eigenvalue weighted by atomic mass is 9.96. The van der Waals surface area contributed by atoms with Crippen LogP contribution in [0.25, 0.3) is 22.3 Å². The second-order valence-corrected chi connectivity index (χ2v) is 9.61. The summed E-state index contributed by atoms with van der Waals surface area (Å²) in [6.07, 6.45) is 1.35. The van der Waals surface area contributed by atoms with E-state index in [2.05, 4.69) is 62.3 Å². The van der Waals surface area contributed by atoms with Gasteiger partial charge in [0.05, 0.1) is 13.7 Å². The third kappa shape index (κ3) is 7.08. The van der Waals surface area contributed by atoms with E-state index in [1.807, 2.05) is 54.6 Å². The van der Waals surface area contributed by atoms with E-state index in [-0.39, 0.29) is 5.78 Å². The summed E-state index contributed by atoms with van der Waals surface area (Å²) in [6, 6.07) is 30.3. The van der Waals surface area contributed by atoms with Gasteiger partial charge in [-0.1, -0.05) is 66.2 Å². The van der Waals surface area contributed by atoms with Crippen molar-refractivity contribution >= 4 is 5.78 Å². The molecule has 0 aromatic heterocycles. The standard InChI is InChI=1S/C33H35NO3/c1-24-7-5-8-28(21-24)31-23-29(15-18-33(31)36-4)32(35)22-25-9-11-26(12-10-25)27-13-16-30(17-14-27)37-20-6-19-34(2)3/h5,7-18,21,23H,6,19-20,22H2,1-4H3. The molecule has 0 aliphatic rings. The van der Waals surface area contributed by atoms with Crippen LogP contribution in [0.2, 0.25) is 0 Å². The van der Waals surface area contributed by atoms with E-state index in [1.54, 1.807) is 7.11 Å². The molecule has 0 aliphatic carbocycles. The molecule has 0 radical (unpaired) electrons. The third-order valence-electron chi connectivity index (χ3n) is 6.38. The Morgan fingerprint density at radius 3 is 2.16 bits per heavy atom. The Morgan fingerprint density at radius 1 is 0.811 bits per heavy atom. The lowest BCUT2D eigenvalue weighted by molar-refractivity contribution is 0.0993. The predicted octanol–water partition coefficient (Wildman–Crippen LogP) is 7.09. The van der Waals surface area contributed by atoms with Crippen molar-refractivity contribution in [1.82, 2.24) is 4.90 Å². The Labute approximate surface area is 220 Å². The molecule has 0 saturated carbocycles. The van der Waals surface area contributed by atoms with Crippen LogP contribution in [0.4, 0.5) is 0 Å². The van der Waals surface area contributed by atoms with Crippen molar-refractivity contribution in [3.05, 3.63) is 108 Å². The molecule has 0 amide bonds. The van der Waals surface area contributed by atoms with Gasteiger partial charge in [0.2, 0.25) is 0 Å². The Morgan fingerprint density at radius 2 is 1.51 bits per heavy atom. The SMILES string of the molecule is COc1ccc(C(=O)Cc2ccc(-c3ccc(OCCCN(C)C)cc3)cc2)cc1-c1cccc(C)c1. The number of benzene rings is 4. The molecule has 0 aliphatic heterocycles. The molecule has 0 unspecified atom stereocenters. The first kappa shape index (κ1) is 26.2. The van der Waals surface area contributed by atoms with Gasteiger partial charge in [-0.25, -0.2) is 0 Å². The normalized spacial score (nSPS) is 10.9. The average Bonchev–Trinajstić information content (AvgIpc) is 2.91. The van der Waals surface area contributed by atoms with Crippen molar-refractivity contribution in [2.45, 2.75) is 19.8 Å². The lowest BCUT2D eigenvalue weighted by Crippen LogP contribution is -2.15. The Kier molecular flexibility index (Phi) is 8.76. The molecule has 0 atom stereocenters. The van der Waals surface area contributed by atoms with Crippen LogP contribution in [0.3, 0.4) is 0 Å². The Bertz CT molecular complexity index is 1320. The first-order chi connectivity index (χ1) is 17.9. The van der Waals surface area contributed by atoms with Crippen LogP contribution in [0.5, 0.6) is 11.5 Å². The molecule has 4 rings (SSSR count). The topological polar surface area (TPSA) is 38.8 Å². The molecular formula is C33H35NO3. The smallest absolute Gasteiger partial charge is 0.167 e. The number of ketones is 1. The van der Waals surface area contributed by atoms with Crippen molar-refractivity contribution in [3.8, 4) is 33.8 Å². The van der Waals surface area contributed by atoms with E-state index in [1.165, 1.54) is 5.56 Å². The molecule has 37 heavy (non-hydrogen) atoms.